The molecule has 3 heteroatoms. The van der Waals surface area contributed by atoms with Crippen molar-refractivity contribution < 1.29 is 9.50 Å². The first-order chi connectivity index (χ1) is 8.08. The average Bonchev–Trinajstić information content (AvgIpc) is 2.27. The Balaban J connectivity index is 2.43. The van der Waals surface area contributed by atoms with E-state index in [4.69, 9.17) is 0 Å². The molecule has 0 aliphatic carbocycles. The summed E-state index contributed by atoms with van der Waals surface area (Å²) < 4.78 is 13.3. The van der Waals surface area contributed by atoms with Gasteiger partial charge in [-0.25, -0.2) is 4.39 Å². The number of pyridine rings is 1. The average molecular weight is 231 g/mol. The number of hydrogen-bond donors (Lipinski definition) is 1. The first-order valence-corrected chi connectivity index (χ1v) is 5.43. The molecular weight excluding hydrogens is 217 g/mol. The maximum Gasteiger partial charge on any atom is 0.123 e. The minimum Gasteiger partial charge on any atom is -0.384 e. The molecule has 1 aromatic carbocycles. The number of benzene rings is 1. The zero-order chi connectivity index (χ0) is 12.4. The van der Waals surface area contributed by atoms with E-state index in [1.54, 1.807) is 31.5 Å². The van der Waals surface area contributed by atoms with Crippen molar-refractivity contribution in [1.82, 2.24) is 4.98 Å². The summed E-state index contributed by atoms with van der Waals surface area (Å²) in [7, 11) is 0. The van der Waals surface area contributed by atoms with Gasteiger partial charge in [0.25, 0.3) is 0 Å². The number of rotatable bonds is 2. The molecule has 1 aromatic heterocycles. The second kappa shape index (κ2) is 4.63. The van der Waals surface area contributed by atoms with Gasteiger partial charge in [0, 0.05) is 12.4 Å². The summed E-state index contributed by atoms with van der Waals surface area (Å²) in [4.78, 5) is 3.97. The van der Waals surface area contributed by atoms with E-state index in [0.29, 0.717) is 5.56 Å². The van der Waals surface area contributed by atoms with Gasteiger partial charge in [-0.1, -0.05) is 6.07 Å². The second-order valence-electron chi connectivity index (χ2n) is 4.20. The molecule has 2 aromatic rings. The van der Waals surface area contributed by atoms with Gasteiger partial charge in [0.15, 0.2) is 0 Å². The molecule has 1 atom stereocenters. The van der Waals surface area contributed by atoms with Crippen molar-refractivity contribution in [3.63, 3.8) is 0 Å². The number of hydrogen-bond acceptors (Lipinski definition) is 2. The lowest BCUT2D eigenvalue weighted by atomic mass is 9.98. The molecule has 2 rings (SSSR count). The highest BCUT2D eigenvalue weighted by Gasteiger charge is 2.13. The molecule has 1 N–H and O–H groups in total. The molecule has 2 nitrogen and oxygen atoms in total. The zero-order valence-electron chi connectivity index (χ0n) is 9.81. The van der Waals surface area contributed by atoms with Crippen molar-refractivity contribution in [3.05, 3.63) is 64.7 Å². The lowest BCUT2D eigenvalue weighted by Gasteiger charge is -2.14. The van der Waals surface area contributed by atoms with Gasteiger partial charge in [-0.05, 0) is 54.3 Å². The van der Waals surface area contributed by atoms with Crippen LogP contribution in [0.25, 0.3) is 0 Å². The van der Waals surface area contributed by atoms with Gasteiger partial charge >= 0.3 is 0 Å². The summed E-state index contributed by atoms with van der Waals surface area (Å²) in [5.74, 6) is -0.328. The molecule has 17 heavy (non-hydrogen) atoms. The van der Waals surface area contributed by atoms with E-state index in [1.165, 1.54) is 12.1 Å². The van der Waals surface area contributed by atoms with E-state index in [0.717, 1.165) is 16.7 Å². The van der Waals surface area contributed by atoms with Crippen LogP contribution >= 0.6 is 0 Å². The van der Waals surface area contributed by atoms with Crippen molar-refractivity contribution in [2.45, 2.75) is 20.0 Å². The quantitative estimate of drug-likeness (QED) is 0.862. The number of halogens is 1. The smallest absolute Gasteiger partial charge is 0.123 e. The molecule has 0 saturated heterocycles. The van der Waals surface area contributed by atoms with Crippen LogP contribution in [0.3, 0.4) is 0 Å². The highest BCUT2D eigenvalue weighted by Crippen LogP contribution is 2.25. The number of aliphatic hydroxyl groups is 1. The first kappa shape index (κ1) is 11.7. The van der Waals surface area contributed by atoms with Gasteiger partial charge in [-0.15, -0.1) is 0 Å². The Morgan fingerprint density at radius 3 is 2.65 bits per heavy atom. The maximum absolute atomic E-state index is 13.3. The van der Waals surface area contributed by atoms with Crippen LogP contribution < -0.4 is 0 Å². The Kier molecular flexibility index (Phi) is 3.20. The summed E-state index contributed by atoms with van der Waals surface area (Å²) in [6, 6.07) is 6.33. The van der Waals surface area contributed by atoms with Crippen LogP contribution in [0, 0.1) is 19.7 Å². The fourth-order valence-corrected chi connectivity index (χ4v) is 1.89. The highest BCUT2D eigenvalue weighted by atomic mass is 19.1. The number of aromatic nitrogens is 1. The van der Waals surface area contributed by atoms with Gasteiger partial charge in [0.2, 0.25) is 0 Å². The molecule has 1 heterocycles. The molecule has 0 aliphatic rings. The third kappa shape index (κ3) is 2.50. The number of aryl methyl sites for hydroxylation is 2. The van der Waals surface area contributed by atoms with E-state index in [1.807, 2.05) is 6.92 Å². The van der Waals surface area contributed by atoms with Crippen LogP contribution in [-0.4, -0.2) is 10.1 Å². The van der Waals surface area contributed by atoms with Gasteiger partial charge in [0.1, 0.15) is 11.9 Å². The molecule has 0 saturated carbocycles. The van der Waals surface area contributed by atoms with Crippen LogP contribution in [0.5, 0.6) is 0 Å². The van der Waals surface area contributed by atoms with Crippen molar-refractivity contribution in [2.75, 3.05) is 0 Å². The van der Waals surface area contributed by atoms with Crippen molar-refractivity contribution in [3.8, 4) is 0 Å². The molecular formula is C14H14FNO. The largest absolute Gasteiger partial charge is 0.384 e. The monoisotopic (exact) mass is 231 g/mol. The molecule has 88 valence electrons. The topological polar surface area (TPSA) is 33.1 Å². The third-order valence-electron chi connectivity index (χ3n) is 2.74. The Hall–Kier alpha value is -1.74. The highest BCUT2D eigenvalue weighted by molar-refractivity contribution is 5.35. The van der Waals surface area contributed by atoms with E-state index in [2.05, 4.69) is 4.98 Å². The molecule has 0 aliphatic heterocycles. The van der Waals surface area contributed by atoms with E-state index in [9.17, 15) is 9.50 Å². The molecule has 0 radical (unpaired) electrons. The molecule has 0 amide bonds. The van der Waals surface area contributed by atoms with E-state index < -0.39 is 6.10 Å². The van der Waals surface area contributed by atoms with Crippen LogP contribution in [0.2, 0.25) is 0 Å². The fraction of sp³-hybridized carbons (Fsp3) is 0.214. The van der Waals surface area contributed by atoms with E-state index in [-0.39, 0.29) is 5.82 Å². The van der Waals surface area contributed by atoms with Gasteiger partial charge < -0.3 is 5.11 Å². The maximum atomic E-state index is 13.3. The summed E-state index contributed by atoms with van der Waals surface area (Å²) in [6.45, 7) is 3.68. The minimum absolute atomic E-state index is 0.328. The summed E-state index contributed by atoms with van der Waals surface area (Å²) >= 11 is 0. The van der Waals surface area contributed by atoms with Gasteiger partial charge in [-0.2, -0.15) is 0 Å². The SMILES string of the molecule is Cc1cc(F)cc(C(O)c2ccncc2C)c1. The standard InChI is InChI=1S/C14H14FNO/c1-9-5-11(7-12(15)6-9)14(17)13-3-4-16-8-10(13)2/h3-8,14,17H,1-2H3. The van der Waals surface area contributed by atoms with Crippen LogP contribution in [0.15, 0.2) is 36.7 Å². The van der Waals surface area contributed by atoms with Crippen LogP contribution in [-0.2, 0) is 0 Å². The van der Waals surface area contributed by atoms with Gasteiger partial charge in [0.05, 0.1) is 0 Å². The normalized spacial score (nSPS) is 12.5. The third-order valence-corrected chi connectivity index (χ3v) is 2.74. The predicted molar refractivity (Wildman–Crippen MR) is 64.2 cm³/mol. The summed E-state index contributed by atoms with van der Waals surface area (Å²) in [5.41, 5.74) is 3.01. The summed E-state index contributed by atoms with van der Waals surface area (Å²) in [5, 5.41) is 10.2. The zero-order valence-corrected chi connectivity index (χ0v) is 9.81. The van der Waals surface area contributed by atoms with Crippen molar-refractivity contribution in [1.29, 1.82) is 0 Å². The first-order valence-electron chi connectivity index (χ1n) is 5.43. The van der Waals surface area contributed by atoms with Crippen LogP contribution in [0.1, 0.15) is 28.4 Å². The Morgan fingerprint density at radius 2 is 2.00 bits per heavy atom. The summed E-state index contributed by atoms with van der Waals surface area (Å²) in [6.07, 6.45) is 2.50. The number of nitrogens with zero attached hydrogens (tertiary/aromatic N) is 1. The van der Waals surface area contributed by atoms with Crippen molar-refractivity contribution in [2.24, 2.45) is 0 Å². The Bertz CT molecular complexity index is 519. The molecule has 1 unspecified atom stereocenters. The fourth-order valence-electron chi connectivity index (χ4n) is 1.89. The molecule has 0 fully saturated rings. The predicted octanol–water partition coefficient (Wildman–Crippen LogP) is 2.92. The minimum atomic E-state index is -0.813. The Morgan fingerprint density at radius 1 is 1.24 bits per heavy atom. The lowest BCUT2D eigenvalue weighted by Crippen LogP contribution is -2.03. The van der Waals surface area contributed by atoms with E-state index >= 15 is 0 Å². The molecule has 0 bridgehead atoms. The number of aliphatic hydroxyl groups excluding tert-OH is 1. The van der Waals surface area contributed by atoms with Crippen molar-refractivity contribution >= 4 is 0 Å². The molecule has 0 spiro atoms. The lowest BCUT2D eigenvalue weighted by molar-refractivity contribution is 0.219. The van der Waals surface area contributed by atoms with Crippen LogP contribution in [0.4, 0.5) is 4.39 Å². The Labute approximate surface area is 99.8 Å². The second-order valence-corrected chi connectivity index (χ2v) is 4.20. The van der Waals surface area contributed by atoms with Gasteiger partial charge in [-0.3, -0.25) is 4.98 Å².